The normalized spacial score (nSPS) is 16.4. The van der Waals surface area contributed by atoms with Crippen molar-refractivity contribution in [1.29, 1.82) is 0 Å². The maximum atomic E-state index is 4.49. The fourth-order valence-electron chi connectivity index (χ4n) is 2.10. The van der Waals surface area contributed by atoms with Gasteiger partial charge in [0.2, 0.25) is 0 Å². The summed E-state index contributed by atoms with van der Waals surface area (Å²) in [5.74, 6) is 1.12. The molecule has 0 atom stereocenters. The molecule has 2 rings (SSSR count). The van der Waals surface area contributed by atoms with E-state index in [0.717, 1.165) is 42.4 Å². The highest BCUT2D eigenvalue weighted by molar-refractivity contribution is 7.99. The summed E-state index contributed by atoms with van der Waals surface area (Å²) in [5, 5.41) is 1.12. The quantitative estimate of drug-likeness (QED) is 0.436. The van der Waals surface area contributed by atoms with Crippen molar-refractivity contribution >= 4 is 29.1 Å². The average molecular weight is 295 g/mol. The van der Waals surface area contributed by atoms with E-state index in [0.29, 0.717) is 0 Å². The molecule has 0 spiro atoms. The van der Waals surface area contributed by atoms with Gasteiger partial charge in [-0.2, -0.15) is 8.75 Å². The molecule has 0 aliphatic carbocycles. The van der Waals surface area contributed by atoms with E-state index in [1.165, 1.54) is 30.1 Å². The van der Waals surface area contributed by atoms with Gasteiger partial charge in [0.05, 0.1) is 11.7 Å². The third-order valence-corrected chi connectivity index (χ3v) is 4.84. The van der Waals surface area contributed by atoms with Gasteiger partial charge in [0.1, 0.15) is 10.7 Å². The van der Waals surface area contributed by atoms with Gasteiger partial charge in [-0.25, -0.2) is 0 Å². The lowest BCUT2D eigenvalue weighted by atomic mass is 10.1. The van der Waals surface area contributed by atoms with Crippen LogP contribution in [0, 0.1) is 0 Å². The monoisotopic (exact) mass is 295 g/mol. The van der Waals surface area contributed by atoms with E-state index in [1.54, 1.807) is 0 Å². The second kappa shape index (κ2) is 7.82. The maximum absolute atomic E-state index is 4.49. The Kier molecular flexibility index (Phi) is 6.07. The molecule has 0 saturated carbocycles. The van der Waals surface area contributed by atoms with Crippen molar-refractivity contribution in [2.75, 3.05) is 25.9 Å². The van der Waals surface area contributed by atoms with Crippen LogP contribution in [0.15, 0.2) is 23.8 Å². The summed E-state index contributed by atoms with van der Waals surface area (Å²) in [7, 11) is 2.16. The maximum Gasteiger partial charge on any atom is 0.138 e. The number of nitrogens with zero attached hydrogens (tertiary/aromatic N) is 3. The van der Waals surface area contributed by atoms with Crippen LogP contribution in [0.25, 0.3) is 5.57 Å². The summed E-state index contributed by atoms with van der Waals surface area (Å²) in [6.45, 7) is 5.89. The number of rotatable bonds is 7. The summed E-state index contributed by atoms with van der Waals surface area (Å²) in [4.78, 5) is 2.34. The molecular weight excluding hydrogens is 274 g/mol. The summed E-state index contributed by atoms with van der Waals surface area (Å²) in [6.07, 6.45) is 8.97. The van der Waals surface area contributed by atoms with Crippen LogP contribution in [0.4, 0.5) is 0 Å². The van der Waals surface area contributed by atoms with Gasteiger partial charge >= 0.3 is 0 Å². The van der Waals surface area contributed by atoms with Crippen LogP contribution in [0.2, 0.25) is 0 Å². The Morgan fingerprint density at radius 1 is 1.47 bits per heavy atom. The molecule has 0 aromatic carbocycles. The van der Waals surface area contributed by atoms with Gasteiger partial charge in [0.25, 0.3) is 0 Å². The number of thioether (sulfide) groups is 1. The highest BCUT2D eigenvalue weighted by Crippen LogP contribution is 2.29. The summed E-state index contributed by atoms with van der Waals surface area (Å²) in [6, 6.07) is 0. The van der Waals surface area contributed by atoms with Crippen LogP contribution >= 0.6 is 23.5 Å². The lowest BCUT2D eigenvalue weighted by Crippen LogP contribution is -2.25. The van der Waals surface area contributed by atoms with E-state index < -0.39 is 0 Å². The number of hydrogen-bond donors (Lipinski definition) is 0. The number of aromatic nitrogens is 2. The predicted molar refractivity (Wildman–Crippen MR) is 84.8 cm³/mol. The molecule has 19 heavy (non-hydrogen) atoms. The van der Waals surface area contributed by atoms with E-state index >= 15 is 0 Å². The van der Waals surface area contributed by atoms with Gasteiger partial charge in [0, 0.05) is 13.1 Å². The first-order valence-electron chi connectivity index (χ1n) is 6.75. The van der Waals surface area contributed by atoms with Gasteiger partial charge in [-0.3, -0.25) is 0 Å². The first kappa shape index (κ1) is 14.8. The molecule has 0 saturated heterocycles. The second-order valence-corrected chi connectivity index (χ2v) is 6.42. The minimum atomic E-state index is 0.995. The van der Waals surface area contributed by atoms with Crippen molar-refractivity contribution in [3.63, 3.8) is 0 Å². The van der Waals surface area contributed by atoms with Crippen molar-refractivity contribution in [2.45, 2.75) is 30.7 Å². The van der Waals surface area contributed by atoms with Gasteiger partial charge in [0.15, 0.2) is 0 Å². The Balaban J connectivity index is 1.90. The van der Waals surface area contributed by atoms with Gasteiger partial charge < -0.3 is 4.90 Å². The van der Waals surface area contributed by atoms with Crippen LogP contribution in [0.1, 0.15) is 31.4 Å². The zero-order valence-electron chi connectivity index (χ0n) is 11.5. The summed E-state index contributed by atoms with van der Waals surface area (Å²) < 4.78 is 8.94. The molecule has 0 N–H and O–H groups in total. The van der Waals surface area contributed by atoms with E-state index in [9.17, 15) is 0 Å². The Bertz CT molecular complexity index is 440. The van der Waals surface area contributed by atoms with Crippen molar-refractivity contribution in [3.05, 3.63) is 24.4 Å². The number of unbranched alkanes of at least 4 members (excludes halogenated alkanes) is 2. The summed E-state index contributed by atoms with van der Waals surface area (Å²) >= 11 is 3.18. The molecular formula is C14H21N3S2. The molecule has 0 unspecified atom stereocenters. The molecule has 1 aliphatic heterocycles. The Labute approximate surface area is 124 Å². The first-order valence-corrected chi connectivity index (χ1v) is 8.47. The van der Waals surface area contributed by atoms with Crippen molar-refractivity contribution in [1.82, 2.24) is 13.6 Å². The summed E-state index contributed by atoms with van der Waals surface area (Å²) in [5.41, 5.74) is 2.46. The van der Waals surface area contributed by atoms with Gasteiger partial charge in [-0.05, 0) is 44.1 Å². The highest BCUT2D eigenvalue weighted by Gasteiger charge is 2.17. The molecule has 3 nitrogen and oxygen atoms in total. The van der Waals surface area contributed by atoms with E-state index in [2.05, 4.69) is 33.3 Å². The largest absolute Gasteiger partial charge is 0.302 e. The molecule has 1 aliphatic rings. The Morgan fingerprint density at radius 2 is 2.37 bits per heavy atom. The zero-order chi connectivity index (χ0) is 13.5. The van der Waals surface area contributed by atoms with Crippen molar-refractivity contribution < 1.29 is 0 Å². The van der Waals surface area contributed by atoms with Crippen LogP contribution in [-0.4, -0.2) is 39.5 Å². The fourth-order valence-corrected chi connectivity index (χ4v) is 3.81. The van der Waals surface area contributed by atoms with Crippen molar-refractivity contribution in [2.24, 2.45) is 0 Å². The molecule has 1 aromatic heterocycles. The predicted octanol–water partition coefficient (Wildman–Crippen LogP) is 3.71. The number of likely N-dealkylation sites (N-methyl/N-ethyl adjacent to an activating group) is 1. The number of allylic oxidation sites excluding steroid dienone is 1. The molecule has 0 bridgehead atoms. The lowest BCUT2D eigenvalue weighted by Gasteiger charge is -2.22. The molecule has 5 heteroatoms. The Hall–Kier alpha value is -0.650. The van der Waals surface area contributed by atoms with Crippen molar-refractivity contribution in [3.8, 4) is 0 Å². The molecule has 2 heterocycles. The van der Waals surface area contributed by atoms with Crippen LogP contribution in [-0.2, 0) is 0 Å². The molecule has 0 radical (unpaired) electrons. The Morgan fingerprint density at radius 3 is 3.16 bits per heavy atom. The minimum absolute atomic E-state index is 0.995. The van der Waals surface area contributed by atoms with Crippen LogP contribution in [0.3, 0.4) is 0 Å². The third kappa shape index (κ3) is 4.44. The third-order valence-electron chi connectivity index (χ3n) is 3.15. The zero-order valence-corrected chi connectivity index (χ0v) is 13.1. The topological polar surface area (TPSA) is 29.0 Å². The molecule has 0 fully saturated rings. The molecule has 1 aromatic rings. The van der Waals surface area contributed by atoms with E-state index in [1.807, 2.05) is 17.8 Å². The molecule has 104 valence electrons. The average Bonchev–Trinajstić information content (AvgIpc) is 2.87. The standard InChI is InChI=1S/C14H21N3S2/c1-3-4-5-6-10-18-14-13(15-19-16-14)12-8-7-9-17(2)11-12/h3,8H,1,4-7,9-11H2,2H3. The SMILES string of the molecule is C=CCCCCSc1nsnc1C1=CCCN(C)C1. The number of hydrogen-bond acceptors (Lipinski definition) is 5. The smallest absolute Gasteiger partial charge is 0.138 e. The van der Waals surface area contributed by atoms with E-state index in [4.69, 9.17) is 0 Å². The minimum Gasteiger partial charge on any atom is -0.302 e. The van der Waals surface area contributed by atoms with Crippen LogP contribution in [0.5, 0.6) is 0 Å². The van der Waals surface area contributed by atoms with Gasteiger partial charge in [-0.1, -0.05) is 12.2 Å². The van der Waals surface area contributed by atoms with Gasteiger partial charge in [-0.15, -0.1) is 18.3 Å². The lowest BCUT2D eigenvalue weighted by molar-refractivity contribution is 0.372. The van der Waals surface area contributed by atoms with Crippen LogP contribution < -0.4 is 0 Å². The first-order chi connectivity index (χ1) is 9.31. The molecule has 0 amide bonds. The fraction of sp³-hybridized carbons (Fsp3) is 0.571. The highest BCUT2D eigenvalue weighted by atomic mass is 32.2. The van der Waals surface area contributed by atoms with E-state index in [-0.39, 0.29) is 0 Å². The second-order valence-electron chi connectivity index (χ2n) is 4.81.